The second-order valence-electron chi connectivity index (χ2n) is 3.71. The van der Waals surface area contributed by atoms with E-state index in [0.29, 0.717) is 18.6 Å². The van der Waals surface area contributed by atoms with Gasteiger partial charge in [0.2, 0.25) is 5.88 Å². The fourth-order valence-corrected chi connectivity index (χ4v) is 1.67. The molecule has 1 N–H and O–H groups in total. The van der Waals surface area contributed by atoms with Crippen molar-refractivity contribution >= 4 is 0 Å². The summed E-state index contributed by atoms with van der Waals surface area (Å²) in [5, 5.41) is 18.9. The number of ether oxygens (including phenoxy) is 1. The maximum absolute atomic E-state index is 11.7. The number of nitriles is 1. The SMILES string of the molecule is CCCc1cc(=O)n(CCOC)c(O)c1C#N. The van der Waals surface area contributed by atoms with Gasteiger partial charge in [-0.25, -0.2) is 0 Å². The van der Waals surface area contributed by atoms with Crippen molar-refractivity contribution in [1.82, 2.24) is 4.57 Å². The molecule has 0 aliphatic heterocycles. The van der Waals surface area contributed by atoms with Gasteiger partial charge in [-0.1, -0.05) is 13.3 Å². The molecule has 0 aromatic carbocycles. The molecule has 0 bridgehead atoms. The second kappa shape index (κ2) is 6.06. The fourth-order valence-electron chi connectivity index (χ4n) is 1.67. The summed E-state index contributed by atoms with van der Waals surface area (Å²) >= 11 is 0. The molecular weight excluding hydrogens is 220 g/mol. The van der Waals surface area contributed by atoms with E-state index in [1.54, 1.807) is 0 Å². The van der Waals surface area contributed by atoms with Crippen LogP contribution < -0.4 is 5.56 Å². The molecule has 92 valence electrons. The van der Waals surface area contributed by atoms with Crippen LogP contribution in [-0.2, 0) is 17.7 Å². The lowest BCUT2D eigenvalue weighted by Crippen LogP contribution is -2.23. The maximum Gasteiger partial charge on any atom is 0.253 e. The first-order valence-electron chi connectivity index (χ1n) is 5.50. The summed E-state index contributed by atoms with van der Waals surface area (Å²) in [4.78, 5) is 11.7. The topological polar surface area (TPSA) is 75.2 Å². The predicted octanol–water partition coefficient (Wildman–Crippen LogP) is 1.02. The summed E-state index contributed by atoms with van der Waals surface area (Å²) in [5.74, 6) is -0.263. The van der Waals surface area contributed by atoms with E-state index in [9.17, 15) is 9.90 Å². The maximum atomic E-state index is 11.7. The molecule has 0 amide bonds. The highest BCUT2D eigenvalue weighted by molar-refractivity contribution is 5.44. The van der Waals surface area contributed by atoms with E-state index in [0.717, 1.165) is 11.0 Å². The van der Waals surface area contributed by atoms with Crippen LogP contribution in [0.4, 0.5) is 0 Å². The van der Waals surface area contributed by atoms with Gasteiger partial charge in [0.15, 0.2) is 0 Å². The van der Waals surface area contributed by atoms with Crippen LogP contribution in [0.3, 0.4) is 0 Å². The minimum absolute atomic E-state index is 0.183. The number of methoxy groups -OCH3 is 1. The highest BCUT2D eigenvalue weighted by Crippen LogP contribution is 2.19. The summed E-state index contributed by atoms with van der Waals surface area (Å²) in [6.45, 7) is 2.50. The zero-order valence-corrected chi connectivity index (χ0v) is 10.1. The van der Waals surface area contributed by atoms with Gasteiger partial charge < -0.3 is 9.84 Å². The zero-order chi connectivity index (χ0) is 12.8. The summed E-state index contributed by atoms with van der Waals surface area (Å²) in [6, 6.07) is 3.36. The molecule has 1 aromatic heterocycles. The van der Waals surface area contributed by atoms with Crippen LogP contribution in [0.15, 0.2) is 10.9 Å². The van der Waals surface area contributed by atoms with Crippen molar-refractivity contribution in [2.75, 3.05) is 13.7 Å². The van der Waals surface area contributed by atoms with Crippen LogP contribution in [0.2, 0.25) is 0 Å². The van der Waals surface area contributed by atoms with Crippen molar-refractivity contribution in [2.24, 2.45) is 0 Å². The summed E-state index contributed by atoms with van der Waals surface area (Å²) in [7, 11) is 1.51. The third-order valence-corrected chi connectivity index (χ3v) is 2.51. The number of pyridine rings is 1. The highest BCUT2D eigenvalue weighted by atomic mass is 16.5. The fraction of sp³-hybridized carbons (Fsp3) is 0.500. The lowest BCUT2D eigenvalue weighted by atomic mass is 10.1. The molecule has 0 aliphatic rings. The quantitative estimate of drug-likeness (QED) is 0.828. The third-order valence-electron chi connectivity index (χ3n) is 2.51. The Morgan fingerprint density at radius 1 is 1.59 bits per heavy atom. The first-order valence-corrected chi connectivity index (χ1v) is 5.50. The van der Waals surface area contributed by atoms with Crippen molar-refractivity contribution in [3.8, 4) is 11.9 Å². The minimum Gasteiger partial charge on any atom is -0.493 e. The Labute approximate surface area is 99.9 Å². The van der Waals surface area contributed by atoms with Crippen LogP contribution in [0.25, 0.3) is 0 Å². The van der Waals surface area contributed by atoms with Crippen LogP contribution in [-0.4, -0.2) is 23.4 Å². The van der Waals surface area contributed by atoms with Gasteiger partial charge in [-0.2, -0.15) is 5.26 Å². The Balaban J connectivity index is 3.27. The van der Waals surface area contributed by atoms with E-state index in [1.807, 2.05) is 13.0 Å². The third kappa shape index (κ3) is 2.86. The predicted molar refractivity (Wildman–Crippen MR) is 63.0 cm³/mol. The van der Waals surface area contributed by atoms with Gasteiger partial charge in [0.1, 0.15) is 11.6 Å². The Bertz CT molecular complexity index is 486. The molecule has 0 fully saturated rings. The Morgan fingerprint density at radius 3 is 2.82 bits per heavy atom. The molecule has 0 spiro atoms. The molecule has 1 aromatic rings. The lowest BCUT2D eigenvalue weighted by Gasteiger charge is -2.11. The average molecular weight is 236 g/mol. The molecule has 0 atom stereocenters. The Kier molecular flexibility index (Phi) is 4.73. The number of aromatic nitrogens is 1. The Hall–Kier alpha value is -1.80. The average Bonchev–Trinajstić information content (AvgIpc) is 2.29. The summed E-state index contributed by atoms with van der Waals surface area (Å²) in [5.41, 5.74) is 0.482. The van der Waals surface area contributed by atoms with Crippen LogP contribution in [0.1, 0.15) is 24.5 Å². The van der Waals surface area contributed by atoms with Gasteiger partial charge in [0, 0.05) is 13.2 Å². The monoisotopic (exact) mass is 236 g/mol. The number of hydrogen-bond donors (Lipinski definition) is 1. The van der Waals surface area contributed by atoms with Crippen molar-refractivity contribution in [2.45, 2.75) is 26.3 Å². The highest BCUT2D eigenvalue weighted by Gasteiger charge is 2.13. The molecule has 0 saturated heterocycles. The number of hydrogen-bond acceptors (Lipinski definition) is 4. The largest absolute Gasteiger partial charge is 0.493 e. The van der Waals surface area contributed by atoms with Gasteiger partial charge in [0.25, 0.3) is 5.56 Å². The van der Waals surface area contributed by atoms with Gasteiger partial charge in [-0.3, -0.25) is 9.36 Å². The molecule has 1 rings (SSSR count). The van der Waals surface area contributed by atoms with Crippen LogP contribution in [0, 0.1) is 11.3 Å². The molecule has 17 heavy (non-hydrogen) atoms. The summed E-state index contributed by atoms with van der Waals surface area (Å²) < 4.78 is 6.01. The first kappa shape index (κ1) is 13.3. The zero-order valence-electron chi connectivity index (χ0n) is 10.1. The number of aryl methyl sites for hydroxylation is 1. The molecule has 0 radical (unpaired) electrons. The molecule has 0 unspecified atom stereocenters. The van der Waals surface area contributed by atoms with E-state index in [1.165, 1.54) is 13.2 Å². The van der Waals surface area contributed by atoms with E-state index in [-0.39, 0.29) is 23.5 Å². The molecule has 0 saturated carbocycles. The van der Waals surface area contributed by atoms with Gasteiger partial charge in [0.05, 0.1) is 13.2 Å². The first-order chi connectivity index (χ1) is 8.15. The normalized spacial score (nSPS) is 10.2. The standard InChI is InChI=1S/C12H16N2O3/c1-3-4-9-7-11(15)14(5-6-17-2)12(16)10(9)8-13/h7,16H,3-6H2,1-2H3. The van der Waals surface area contributed by atoms with Gasteiger partial charge in [-0.15, -0.1) is 0 Å². The molecule has 1 heterocycles. The number of rotatable bonds is 5. The molecule has 5 nitrogen and oxygen atoms in total. The molecule has 5 heteroatoms. The Morgan fingerprint density at radius 2 is 2.29 bits per heavy atom. The minimum atomic E-state index is -0.304. The second-order valence-corrected chi connectivity index (χ2v) is 3.71. The smallest absolute Gasteiger partial charge is 0.253 e. The van der Waals surface area contributed by atoms with Crippen molar-refractivity contribution in [3.63, 3.8) is 0 Å². The number of aromatic hydroxyl groups is 1. The summed E-state index contributed by atoms with van der Waals surface area (Å²) in [6.07, 6.45) is 1.42. The van der Waals surface area contributed by atoms with E-state index in [2.05, 4.69) is 0 Å². The number of nitrogens with zero attached hydrogens (tertiary/aromatic N) is 2. The lowest BCUT2D eigenvalue weighted by molar-refractivity contribution is 0.182. The van der Waals surface area contributed by atoms with E-state index >= 15 is 0 Å². The van der Waals surface area contributed by atoms with Crippen LogP contribution in [0.5, 0.6) is 5.88 Å². The van der Waals surface area contributed by atoms with Crippen molar-refractivity contribution < 1.29 is 9.84 Å². The van der Waals surface area contributed by atoms with Crippen molar-refractivity contribution in [3.05, 3.63) is 27.5 Å². The van der Waals surface area contributed by atoms with Crippen LogP contribution >= 0.6 is 0 Å². The van der Waals surface area contributed by atoms with Crippen molar-refractivity contribution in [1.29, 1.82) is 5.26 Å². The van der Waals surface area contributed by atoms with Gasteiger partial charge >= 0.3 is 0 Å². The van der Waals surface area contributed by atoms with E-state index in [4.69, 9.17) is 10.00 Å². The van der Waals surface area contributed by atoms with E-state index < -0.39 is 0 Å². The molecular formula is C12H16N2O3. The van der Waals surface area contributed by atoms with Gasteiger partial charge in [-0.05, 0) is 12.0 Å². The molecule has 0 aliphatic carbocycles.